The molecule has 90 valence electrons. The van der Waals surface area contributed by atoms with Gasteiger partial charge in [0.15, 0.2) is 0 Å². The van der Waals surface area contributed by atoms with Crippen molar-refractivity contribution in [2.45, 2.75) is 38.1 Å². The molecule has 0 aromatic heterocycles. The Balaban J connectivity index is 1.15. The van der Waals surface area contributed by atoms with E-state index in [1.807, 2.05) is 0 Å². The minimum atomic E-state index is 0.925. The second-order valence-electron chi connectivity index (χ2n) is 6.62. The first-order valence-corrected chi connectivity index (χ1v) is 7.37. The summed E-state index contributed by atoms with van der Waals surface area (Å²) in [6.45, 7) is 3.65. The fourth-order valence-corrected chi connectivity index (χ4v) is 4.55. The van der Waals surface area contributed by atoms with E-state index in [1.54, 1.807) is 19.3 Å². The van der Waals surface area contributed by atoms with Gasteiger partial charge in [-0.05, 0) is 68.2 Å². The van der Waals surface area contributed by atoms with Gasteiger partial charge in [-0.25, -0.2) is 0 Å². The molecule has 4 aliphatic rings. The summed E-state index contributed by atoms with van der Waals surface area (Å²) in [6.07, 6.45) is 7.61. The first-order valence-electron chi connectivity index (χ1n) is 7.37. The standard InChI is InChI=1S/C14H24N2/c1-2-9(1)8-15-5-6-16-14-12-10-3-4-11(7-10)13(12)14/h9-16H,1-8H2. The topological polar surface area (TPSA) is 24.1 Å². The van der Waals surface area contributed by atoms with E-state index in [0.29, 0.717) is 0 Å². The molecular formula is C14H24N2. The van der Waals surface area contributed by atoms with Crippen LogP contribution < -0.4 is 10.6 Å². The lowest BCUT2D eigenvalue weighted by Crippen LogP contribution is -2.32. The number of hydrogen-bond donors (Lipinski definition) is 2. The summed E-state index contributed by atoms with van der Waals surface area (Å²) in [4.78, 5) is 0. The van der Waals surface area contributed by atoms with Gasteiger partial charge in [0.2, 0.25) is 0 Å². The Morgan fingerprint density at radius 3 is 2.31 bits per heavy atom. The highest BCUT2D eigenvalue weighted by molar-refractivity contribution is 5.16. The van der Waals surface area contributed by atoms with E-state index in [9.17, 15) is 0 Å². The molecule has 4 saturated carbocycles. The van der Waals surface area contributed by atoms with E-state index >= 15 is 0 Å². The Hall–Kier alpha value is -0.0800. The van der Waals surface area contributed by atoms with Crippen LogP contribution in [0.25, 0.3) is 0 Å². The van der Waals surface area contributed by atoms with Crippen molar-refractivity contribution in [1.29, 1.82) is 0 Å². The Morgan fingerprint density at radius 2 is 1.62 bits per heavy atom. The molecule has 2 nitrogen and oxygen atoms in total. The normalized spacial score (nSPS) is 48.4. The Bertz CT molecular complexity index is 258. The lowest BCUT2D eigenvalue weighted by molar-refractivity contribution is 0.456. The molecule has 4 unspecified atom stereocenters. The first kappa shape index (κ1) is 9.90. The largest absolute Gasteiger partial charge is 0.315 e. The van der Waals surface area contributed by atoms with Crippen LogP contribution in [0.1, 0.15) is 32.1 Å². The maximum atomic E-state index is 3.79. The van der Waals surface area contributed by atoms with Crippen molar-refractivity contribution in [2.24, 2.45) is 29.6 Å². The van der Waals surface area contributed by atoms with Crippen LogP contribution in [0.2, 0.25) is 0 Å². The van der Waals surface area contributed by atoms with E-state index in [2.05, 4.69) is 10.6 Å². The molecule has 0 radical (unpaired) electrons. The Morgan fingerprint density at radius 1 is 0.875 bits per heavy atom. The average Bonchev–Trinajstić information content (AvgIpc) is 3.18. The third-order valence-corrected chi connectivity index (χ3v) is 5.55. The van der Waals surface area contributed by atoms with Crippen LogP contribution in [-0.2, 0) is 0 Å². The van der Waals surface area contributed by atoms with Crippen LogP contribution in [0.3, 0.4) is 0 Å². The molecule has 4 aliphatic carbocycles. The van der Waals surface area contributed by atoms with Crippen molar-refractivity contribution in [3.8, 4) is 0 Å². The van der Waals surface area contributed by atoms with Crippen molar-refractivity contribution in [3.63, 3.8) is 0 Å². The SMILES string of the molecule is C(CNC1C2C3CCC(C3)C12)NCC1CC1. The zero-order valence-electron chi connectivity index (χ0n) is 10.1. The highest BCUT2D eigenvalue weighted by Gasteiger charge is 2.64. The van der Waals surface area contributed by atoms with E-state index in [4.69, 9.17) is 0 Å². The van der Waals surface area contributed by atoms with E-state index < -0.39 is 0 Å². The quantitative estimate of drug-likeness (QED) is 0.665. The van der Waals surface area contributed by atoms with E-state index in [1.165, 1.54) is 32.5 Å². The summed E-state index contributed by atoms with van der Waals surface area (Å²) in [5, 5.41) is 7.36. The molecule has 0 saturated heterocycles. The fourth-order valence-electron chi connectivity index (χ4n) is 4.55. The number of hydrogen-bond acceptors (Lipinski definition) is 2. The molecule has 4 fully saturated rings. The summed E-state index contributed by atoms with van der Waals surface area (Å²) < 4.78 is 0. The third kappa shape index (κ3) is 1.62. The molecule has 0 aromatic rings. The van der Waals surface area contributed by atoms with Gasteiger partial charge < -0.3 is 10.6 Å². The zero-order valence-corrected chi connectivity index (χ0v) is 10.1. The summed E-state index contributed by atoms with van der Waals surface area (Å²) in [6, 6.07) is 0.925. The van der Waals surface area contributed by atoms with Crippen LogP contribution in [0, 0.1) is 29.6 Å². The molecular weight excluding hydrogens is 196 g/mol. The summed E-state index contributed by atoms with van der Waals surface area (Å²) in [7, 11) is 0. The molecule has 4 atom stereocenters. The minimum Gasteiger partial charge on any atom is -0.315 e. The summed E-state index contributed by atoms with van der Waals surface area (Å²) in [5.41, 5.74) is 0. The van der Waals surface area contributed by atoms with Gasteiger partial charge in [0.05, 0.1) is 0 Å². The predicted octanol–water partition coefficient (Wildman–Crippen LogP) is 1.62. The van der Waals surface area contributed by atoms with Gasteiger partial charge in [0.25, 0.3) is 0 Å². The molecule has 0 amide bonds. The maximum absolute atomic E-state index is 3.79. The highest BCUT2D eigenvalue weighted by Crippen LogP contribution is 2.65. The van der Waals surface area contributed by atoms with Gasteiger partial charge in [-0.15, -0.1) is 0 Å². The van der Waals surface area contributed by atoms with Crippen LogP contribution in [0.15, 0.2) is 0 Å². The molecule has 0 spiro atoms. The van der Waals surface area contributed by atoms with Crippen molar-refractivity contribution in [2.75, 3.05) is 19.6 Å². The lowest BCUT2D eigenvalue weighted by Gasteiger charge is -2.10. The van der Waals surface area contributed by atoms with Crippen LogP contribution >= 0.6 is 0 Å². The number of rotatable bonds is 6. The first-order chi connectivity index (χ1) is 7.93. The van der Waals surface area contributed by atoms with Crippen molar-refractivity contribution in [3.05, 3.63) is 0 Å². The summed E-state index contributed by atoms with van der Waals surface area (Å²) >= 11 is 0. The monoisotopic (exact) mass is 220 g/mol. The minimum absolute atomic E-state index is 0.925. The van der Waals surface area contributed by atoms with Crippen molar-refractivity contribution >= 4 is 0 Å². The molecule has 0 aliphatic heterocycles. The highest BCUT2D eigenvalue weighted by atomic mass is 15.0. The second-order valence-corrected chi connectivity index (χ2v) is 6.62. The van der Waals surface area contributed by atoms with Gasteiger partial charge in [-0.2, -0.15) is 0 Å². The molecule has 16 heavy (non-hydrogen) atoms. The maximum Gasteiger partial charge on any atom is 0.0136 e. The number of nitrogens with one attached hydrogen (secondary N) is 2. The summed E-state index contributed by atoms with van der Waals surface area (Å²) in [5.74, 6) is 5.46. The van der Waals surface area contributed by atoms with Gasteiger partial charge in [0, 0.05) is 19.1 Å². The zero-order chi connectivity index (χ0) is 10.5. The van der Waals surface area contributed by atoms with Crippen molar-refractivity contribution < 1.29 is 0 Å². The van der Waals surface area contributed by atoms with Crippen molar-refractivity contribution in [1.82, 2.24) is 10.6 Å². The average molecular weight is 220 g/mol. The van der Waals surface area contributed by atoms with Crippen LogP contribution in [0.5, 0.6) is 0 Å². The molecule has 2 N–H and O–H groups in total. The van der Waals surface area contributed by atoms with Crippen LogP contribution in [-0.4, -0.2) is 25.7 Å². The second kappa shape index (κ2) is 3.71. The molecule has 2 heteroatoms. The van der Waals surface area contributed by atoms with Gasteiger partial charge in [-0.3, -0.25) is 0 Å². The third-order valence-electron chi connectivity index (χ3n) is 5.55. The lowest BCUT2D eigenvalue weighted by atomic mass is 10.0. The van der Waals surface area contributed by atoms with E-state index in [0.717, 1.165) is 35.6 Å². The molecule has 0 aromatic carbocycles. The fraction of sp³-hybridized carbons (Fsp3) is 1.00. The smallest absolute Gasteiger partial charge is 0.0136 e. The van der Waals surface area contributed by atoms with Gasteiger partial charge >= 0.3 is 0 Å². The van der Waals surface area contributed by atoms with Crippen LogP contribution in [0.4, 0.5) is 0 Å². The molecule has 2 bridgehead atoms. The van der Waals surface area contributed by atoms with E-state index in [-0.39, 0.29) is 0 Å². The predicted molar refractivity (Wildman–Crippen MR) is 65.2 cm³/mol. The molecule has 4 rings (SSSR count). The Kier molecular flexibility index (Phi) is 2.29. The van der Waals surface area contributed by atoms with Gasteiger partial charge in [-0.1, -0.05) is 0 Å². The Labute approximate surface area is 98.6 Å². The number of fused-ring (bicyclic) bond motifs is 5. The molecule has 0 heterocycles. The van der Waals surface area contributed by atoms with Gasteiger partial charge in [0.1, 0.15) is 0 Å².